The summed E-state index contributed by atoms with van der Waals surface area (Å²) in [6.07, 6.45) is 4.67. The topological polar surface area (TPSA) is 16.3 Å². The zero-order chi connectivity index (χ0) is 58.9. The molecule has 0 fully saturated rings. The van der Waals surface area contributed by atoms with E-state index in [1.54, 1.807) is 0 Å². The lowest BCUT2D eigenvalue weighted by molar-refractivity contribution is 0.332. The van der Waals surface area contributed by atoms with Gasteiger partial charge in [0, 0.05) is 66.8 Å². The van der Waals surface area contributed by atoms with Crippen LogP contribution < -0.4 is 26.2 Å². The van der Waals surface area contributed by atoms with Crippen molar-refractivity contribution < 1.29 is 0 Å². The van der Waals surface area contributed by atoms with Crippen molar-refractivity contribution in [2.75, 3.05) is 9.80 Å². The molecular formula is C82H71BN4. The van der Waals surface area contributed by atoms with Gasteiger partial charge in [0.15, 0.2) is 0 Å². The van der Waals surface area contributed by atoms with E-state index in [9.17, 15) is 0 Å². The Morgan fingerprint density at radius 1 is 0.287 bits per heavy atom. The molecule has 4 aliphatic rings. The number of nitrogens with zero attached hydrogens (tertiary/aromatic N) is 4. The summed E-state index contributed by atoms with van der Waals surface area (Å²) in [5.74, 6) is 0. The molecule has 4 nitrogen and oxygen atoms in total. The predicted molar refractivity (Wildman–Crippen MR) is 371 cm³/mol. The Kier molecular flexibility index (Phi) is 11.1. The van der Waals surface area contributed by atoms with Crippen molar-refractivity contribution in [1.29, 1.82) is 0 Å². The molecule has 0 spiro atoms. The van der Waals surface area contributed by atoms with E-state index in [4.69, 9.17) is 0 Å². The highest BCUT2D eigenvalue weighted by atomic mass is 15.2. The summed E-state index contributed by atoms with van der Waals surface area (Å²) in [6.45, 7) is 19.4. The van der Waals surface area contributed by atoms with E-state index in [0.29, 0.717) is 0 Å². The quantitative estimate of drug-likeness (QED) is 0.154. The minimum absolute atomic E-state index is 0.0525. The Labute approximate surface area is 512 Å². The molecule has 0 saturated heterocycles. The molecular weight excluding hydrogens is 1050 g/mol. The molecule has 0 bridgehead atoms. The largest absolute Gasteiger partial charge is 0.311 e. The van der Waals surface area contributed by atoms with Gasteiger partial charge in [0.25, 0.3) is 6.71 Å². The Balaban J connectivity index is 0.950. The summed E-state index contributed by atoms with van der Waals surface area (Å²) in [5.41, 5.74) is 29.1. The summed E-state index contributed by atoms with van der Waals surface area (Å²) in [6, 6.07) is 90.8. The molecule has 5 heteroatoms. The molecule has 87 heavy (non-hydrogen) atoms. The standard InChI is InChI=1S/C82H71BN4/c1-79(2)44-46-81(5,6)64-48-52(36-40-62(64)79)56-22-9-15-28-68(56)86-74-34-21-35-75-78(74)83(66-42-38-54(50-76(66)86)84-70-30-17-11-24-58(70)59-25-12-18-31-71(59)84)67-43-39-55(85-72-32-19-13-26-60(72)61-27-14-20-33-73(61)85)51-77(67)87(75)69-29-16-10-23-57(69)53-37-41-63-65(49-53)82(7,8)47-45-80(63,3)4/h9-43,48-51H,44-47H2,1-8H3. The average molecular weight is 1120 g/mol. The van der Waals surface area contributed by atoms with Crippen LogP contribution in [0.25, 0.3) is 77.2 Å². The van der Waals surface area contributed by atoms with E-state index in [1.807, 2.05) is 0 Å². The molecule has 11 aromatic carbocycles. The minimum atomic E-state index is -0.106. The minimum Gasteiger partial charge on any atom is -0.311 e. The van der Waals surface area contributed by atoms with Crippen molar-refractivity contribution in [2.45, 2.75) is 103 Å². The summed E-state index contributed by atoms with van der Waals surface area (Å²) in [4.78, 5) is 5.28. The fraction of sp³-hybridized carbons (Fsp3) is 0.195. The fourth-order valence-corrected chi connectivity index (χ4v) is 16.4. The second-order valence-corrected chi connectivity index (χ2v) is 28.1. The van der Waals surface area contributed by atoms with Crippen LogP contribution in [0.1, 0.15) is 103 Å². The first kappa shape index (κ1) is 52.0. The van der Waals surface area contributed by atoms with Gasteiger partial charge >= 0.3 is 0 Å². The molecule has 13 aromatic rings. The molecule has 0 radical (unpaired) electrons. The van der Waals surface area contributed by atoms with Gasteiger partial charge in [-0.1, -0.05) is 219 Å². The maximum absolute atomic E-state index is 2.64. The van der Waals surface area contributed by atoms with Gasteiger partial charge in [-0.25, -0.2) is 0 Å². The molecule has 2 aliphatic heterocycles. The third-order valence-corrected chi connectivity index (χ3v) is 21.3. The number of hydrogen-bond donors (Lipinski definition) is 0. The first-order valence-electron chi connectivity index (χ1n) is 31.6. The Bertz CT molecular complexity index is 4630. The number of fused-ring (bicyclic) bond motifs is 12. The molecule has 0 amide bonds. The maximum atomic E-state index is 2.64. The van der Waals surface area contributed by atoms with Crippen LogP contribution in [-0.4, -0.2) is 15.8 Å². The number of anilines is 6. The Morgan fingerprint density at radius 2 is 0.621 bits per heavy atom. The molecule has 0 atom stereocenters. The summed E-state index contributed by atoms with van der Waals surface area (Å²) in [7, 11) is 0. The third kappa shape index (κ3) is 7.64. The van der Waals surface area contributed by atoms with Gasteiger partial charge in [-0.2, -0.15) is 0 Å². The van der Waals surface area contributed by atoms with Crippen LogP contribution in [0.15, 0.2) is 237 Å². The van der Waals surface area contributed by atoms with E-state index < -0.39 is 0 Å². The third-order valence-electron chi connectivity index (χ3n) is 21.3. The second kappa shape index (κ2) is 18.6. The van der Waals surface area contributed by atoms with Gasteiger partial charge in [0.1, 0.15) is 0 Å². The van der Waals surface area contributed by atoms with Crippen molar-refractivity contribution in [2.24, 2.45) is 0 Å². The lowest BCUT2D eigenvalue weighted by Gasteiger charge is -2.45. The highest BCUT2D eigenvalue weighted by molar-refractivity contribution is 7.00. The molecule has 2 aromatic heterocycles. The molecule has 4 heterocycles. The zero-order valence-electron chi connectivity index (χ0n) is 51.2. The maximum Gasteiger partial charge on any atom is 0.252 e. The molecule has 0 saturated carbocycles. The van der Waals surface area contributed by atoms with Crippen LogP contribution in [0, 0.1) is 0 Å². The van der Waals surface area contributed by atoms with E-state index in [-0.39, 0.29) is 28.4 Å². The van der Waals surface area contributed by atoms with E-state index in [0.717, 1.165) is 35.6 Å². The number of para-hydroxylation sites is 6. The van der Waals surface area contributed by atoms with Crippen LogP contribution in [0.2, 0.25) is 0 Å². The number of hydrogen-bond acceptors (Lipinski definition) is 2. The Morgan fingerprint density at radius 3 is 1.01 bits per heavy atom. The van der Waals surface area contributed by atoms with Crippen LogP contribution in [0.4, 0.5) is 34.1 Å². The van der Waals surface area contributed by atoms with Crippen molar-refractivity contribution in [3.63, 3.8) is 0 Å². The lowest BCUT2D eigenvalue weighted by atomic mass is 9.33. The number of benzene rings is 11. The number of rotatable bonds is 6. The van der Waals surface area contributed by atoms with Gasteiger partial charge < -0.3 is 18.9 Å². The summed E-state index contributed by atoms with van der Waals surface area (Å²) in [5, 5.41) is 5.02. The molecule has 2 aliphatic carbocycles. The van der Waals surface area contributed by atoms with Crippen molar-refractivity contribution in [3.8, 4) is 33.6 Å². The van der Waals surface area contributed by atoms with Gasteiger partial charge in [0.05, 0.1) is 33.4 Å². The van der Waals surface area contributed by atoms with Gasteiger partial charge in [0.2, 0.25) is 0 Å². The van der Waals surface area contributed by atoms with Crippen molar-refractivity contribution >= 4 is 101 Å². The van der Waals surface area contributed by atoms with E-state index in [1.165, 1.54) is 140 Å². The van der Waals surface area contributed by atoms with Crippen molar-refractivity contribution in [3.05, 3.63) is 259 Å². The SMILES string of the molecule is CC1(C)CCC(C)(C)c2cc(-c3ccccc3N3c4cc(-n5c6ccccc6c6ccccc65)ccc4B4c5ccc(-n6c7ccccc7c7ccccc76)cc5N(c5ccccc5-c5ccc6c(c5)C(C)(C)CCC6(C)C)c5cccc3c54)ccc21. The van der Waals surface area contributed by atoms with Crippen LogP contribution >= 0.6 is 0 Å². The lowest BCUT2D eigenvalue weighted by Crippen LogP contribution is -2.61. The normalized spacial score (nSPS) is 16.6. The average Bonchev–Trinajstić information content (AvgIpc) is 1.23. The highest BCUT2D eigenvalue weighted by Crippen LogP contribution is 2.53. The second-order valence-electron chi connectivity index (χ2n) is 28.1. The summed E-state index contributed by atoms with van der Waals surface area (Å²) < 4.78 is 4.98. The van der Waals surface area contributed by atoms with Gasteiger partial charge in [-0.05, 0) is 170 Å². The molecule has 0 unspecified atom stereocenters. The smallest absolute Gasteiger partial charge is 0.252 e. The van der Waals surface area contributed by atoms with Crippen LogP contribution in [0.5, 0.6) is 0 Å². The molecule has 422 valence electrons. The van der Waals surface area contributed by atoms with Crippen LogP contribution in [-0.2, 0) is 21.7 Å². The summed E-state index contributed by atoms with van der Waals surface area (Å²) >= 11 is 0. The zero-order valence-corrected chi connectivity index (χ0v) is 51.2. The van der Waals surface area contributed by atoms with Crippen molar-refractivity contribution in [1.82, 2.24) is 9.13 Å². The fourth-order valence-electron chi connectivity index (χ4n) is 16.4. The van der Waals surface area contributed by atoms with E-state index in [2.05, 4.69) is 311 Å². The highest BCUT2D eigenvalue weighted by Gasteiger charge is 2.45. The van der Waals surface area contributed by atoms with E-state index >= 15 is 0 Å². The predicted octanol–water partition coefficient (Wildman–Crippen LogP) is 20.0. The van der Waals surface area contributed by atoms with Gasteiger partial charge in [-0.15, -0.1) is 0 Å². The van der Waals surface area contributed by atoms with Gasteiger partial charge in [-0.3, -0.25) is 0 Å². The van der Waals surface area contributed by atoms with Crippen LogP contribution in [0.3, 0.4) is 0 Å². The first-order valence-corrected chi connectivity index (χ1v) is 31.6. The molecule has 17 rings (SSSR count). The first-order chi connectivity index (χ1) is 42.1. The molecule has 0 N–H and O–H groups in total. The monoisotopic (exact) mass is 1120 g/mol. The Hall–Kier alpha value is -9.32. The number of aromatic nitrogens is 2.